The van der Waals surface area contributed by atoms with Gasteiger partial charge in [-0.1, -0.05) is 91.9 Å². The lowest BCUT2D eigenvalue weighted by Crippen LogP contribution is -2.40. The normalized spacial score (nSPS) is 13.5. The van der Waals surface area contributed by atoms with Gasteiger partial charge in [-0.3, -0.25) is 14.4 Å². The third kappa shape index (κ3) is 23.4. The number of hydrogen-bond donors (Lipinski definition) is 0. The van der Waals surface area contributed by atoms with Gasteiger partial charge in [0.25, 0.3) is 0 Å². The van der Waals surface area contributed by atoms with Crippen molar-refractivity contribution in [2.75, 3.05) is 40.4 Å². The summed E-state index contributed by atoms with van der Waals surface area (Å²) in [5.41, 5.74) is 0. The van der Waals surface area contributed by atoms with Gasteiger partial charge >= 0.3 is 11.9 Å². The first-order valence-electron chi connectivity index (χ1n) is 17.9. The van der Waals surface area contributed by atoms with Crippen LogP contribution < -0.4 is 0 Å². The van der Waals surface area contributed by atoms with Gasteiger partial charge in [0.05, 0.1) is 13.2 Å². The summed E-state index contributed by atoms with van der Waals surface area (Å²) in [7, 11) is 4.12. The van der Waals surface area contributed by atoms with Crippen LogP contribution >= 0.6 is 0 Å². The first-order valence-corrected chi connectivity index (χ1v) is 17.9. The van der Waals surface area contributed by atoms with E-state index in [0.29, 0.717) is 37.9 Å². The molecule has 0 N–H and O–H groups in total. The van der Waals surface area contributed by atoms with Crippen LogP contribution in [0.15, 0.2) is 0 Å². The molecule has 0 aromatic carbocycles. The van der Waals surface area contributed by atoms with Crippen molar-refractivity contribution in [3.8, 4) is 0 Å². The molecular weight excluding hydrogens is 540 g/mol. The molecule has 0 saturated heterocycles. The zero-order valence-corrected chi connectivity index (χ0v) is 29.4. The summed E-state index contributed by atoms with van der Waals surface area (Å²) in [5.74, 6) is 0.933. The van der Waals surface area contributed by atoms with Gasteiger partial charge in [-0.25, -0.2) is 0 Å². The van der Waals surface area contributed by atoms with Crippen LogP contribution in [-0.4, -0.2) is 74.1 Å². The smallest absolute Gasteiger partial charge is 0.305 e. The molecule has 0 radical (unpaired) electrons. The average molecular weight is 611 g/mol. The summed E-state index contributed by atoms with van der Waals surface area (Å²) in [4.78, 5) is 41.4. The molecule has 254 valence electrons. The molecule has 0 heterocycles. The van der Waals surface area contributed by atoms with Crippen molar-refractivity contribution in [1.82, 2.24) is 9.80 Å². The van der Waals surface area contributed by atoms with Gasteiger partial charge in [0.2, 0.25) is 5.91 Å². The fourth-order valence-electron chi connectivity index (χ4n) is 5.62. The molecule has 2 atom stereocenters. The Labute approximate surface area is 266 Å². The lowest BCUT2D eigenvalue weighted by atomic mass is 9.99. The van der Waals surface area contributed by atoms with Gasteiger partial charge in [-0.15, -0.1) is 0 Å². The number of carbonyl (C=O) groups excluding carboxylic acids is 3. The van der Waals surface area contributed by atoms with Gasteiger partial charge in [-0.2, -0.15) is 0 Å². The van der Waals surface area contributed by atoms with E-state index in [0.717, 1.165) is 96.6 Å². The van der Waals surface area contributed by atoms with Crippen LogP contribution in [0.3, 0.4) is 0 Å². The highest BCUT2D eigenvalue weighted by Gasteiger charge is 2.21. The maximum atomic E-state index is 12.6. The molecule has 0 aliphatic carbocycles. The summed E-state index contributed by atoms with van der Waals surface area (Å²) in [6.07, 6.45) is 18.5. The molecule has 0 aromatic rings. The average Bonchev–Trinajstić information content (AvgIpc) is 2.98. The van der Waals surface area contributed by atoms with Crippen LogP contribution in [-0.2, 0) is 23.9 Å². The third-order valence-electron chi connectivity index (χ3n) is 8.73. The van der Waals surface area contributed by atoms with Crippen LogP contribution in [0.1, 0.15) is 157 Å². The number of nitrogens with zero attached hydrogens (tertiary/aromatic N) is 2. The summed E-state index contributed by atoms with van der Waals surface area (Å²) in [6, 6.07) is 0.200. The summed E-state index contributed by atoms with van der Waals surface area (Å²) >= 11 is 0. The Morgan fingerprint density at radius 2 is 1.05 bits per heavy atom. The maximum Gasteiger partial charge on any atom is 0.305 e. The number of esters is 2. The van der Waals surface area contributed by atoms with Crippen molar-refractivity contribution in [1.29, 1.82) is 0 Å². The van der Waals surface area contributed by atoms with Crippen LogP contribution in [0.25, 0.3) is 0 Å². The van der Waals surface area contributed by atoms with Crippen molar-refractivity contribution >= 4 is 17.8 Å². The molecule has 1 amide bonds. The standard InChI is InChI=1S/C36H70N2O5/c1-8-12-21-32(10-3)29-42-35(40)25-18-14-16-23-34(38(31(5)39)28-20-27-37(6)7)24-17-15-19-26-36(41)43-30-33(11-4)22-13-9-2/h32-34H,8-30H2,1-7H3. The SMILES string of the molecule is CCCCC(CC)COC(=O)CCCCCC(CCCCCC(=O)OCC(CC)CCCC)N(CCCN(C)C)C(C)=O. The van der Waals surface area contributed by atoms with Crippen LogP contribution in [0, 0.1) is 11.8 Å². The minimum Gasteiger partial charge on any atom is -0.465 e. The Morgan fingerprint density at radius 1 is 0.581 bits per heavy atom. The second-order valence-corrected chi connectivity index (χ2v) is 12.9. The number of rotatable bonds is 29. The molecule has 0 spiro atoms. The predicted octanol–water partition coefficient (Wildman–Crippen LogP) is 8.58. The quantitative estimate of drug-likeness (QED) is 0.0624. The van der Waals surface area contributed by atoms with Gasteiger partial charge in [0.15, 0.2) is 0 Å². The van der Waals surface area contributed by atoms with E-state index >= 15 is 0 Å². The zero-order chi connectivity index (χ0) is 32.3. The lowest BCUT2D eigenvalue weighted by molar-refractivity contribution is -0.146. The molecule has 0 aliphatic rings. The molecule has 7 heteroatoms. The molecule has 0 aliphatic heterocycles. The monoisotopic (exact) mass is 611 g/mol. The topological polar surface area (TPSA) is 76.2 Å². The fourth-order valence-corrected chi connectivity index (χ4v) is 5.62. The van der Waals surface area contributed by atoms with Crippen LogP contribution in [0.2, 0.25) is 0 Å². The van der Waals surface area contributed by atoms with E-state index in [9.17, 15) is 14.4 Å². The van der Waals surface area contributed by atoms with Crippen molar-refractivity contribution in [3.63, 3.8) is 0 Å². The second kappa shape index (κ2) is 27.9. The molecule has 0 rings (SSSR count). The van der Waals surface area contributed by atoms with Gasteiger partial charge in [0.1, 0.15) is 0 Å². The van der Waals surface area contributed by atoms with E-state index < -0.39 is 0 Å². The second-order valence-electron chi connectivity index (χ2n) is 12.9. The summed E-state index contributed by atoms with van der Waals surface area (Å²) < 4.78 is 11.1. The number of amides is 1. The third-order valence-corrected chi connectivity index (χ3v) is 8.73. The molecule has 0 fully saturated rings. The van der Waals surface area contributed by atoms with Crippen molar-refractivity contribution < 1.29 is 23.9 Å². The van der Waals surface area contributed by atoms with E-state index in [1.807, 2.05) is 0 Å². The number of carbonyl (C=O) groups is 3. The minimum absolute atomic E-state index is 0.0785. The first kappa shape index (κ1) is 41.4. The van der Waals surface area contributed by atoms with Gasteiger partial charge in [0, 0.05) is 32.4 Å². The van der Waals surface area contributed by atoms with E-state index in [1.165, 1.54) is 25.7 Å². The molecule has 7 nitrogen and oxygen atoms in total. The van der Waals surface area contributed by atoms with Crippen molar-refractivity contribution in [3.05, 3.63) is 0 Å². The van der Waals surface area contributed by atoms with E-state index in [4.69, 9.17) is 9.47 Å². The summed E-state index contributed by atoms with van der Waals surface area (Å²) in [5, 5.41) is 0. The van der Waals surface area contributed by atoms with Gasteiger partial charge < -0.3 is 19.3 Å². The first-order chi connectivity index (χ1) is 20.7. The highest BCUT2D eigenvalue weighted by atomic mass is 16.5. The van der Waals surface area contributed by atoms with Crippen LogP contribution in [0.4, 0.5) is 0 Å². The zero-order valence-electron chi connectivity index (χ0n) is 29.4. The predicted molar refractivity (Wildman–Crippen MR) is 179 cm³/mol. The molecule has 2 unspecified atom stereocenters. The van der Waals surface area contributed by atoms with Crippen molar-refractivity contribution in [2.45, 2.75) is 163 Å². The highest BCUT2D eigenvalue weighted by molar-refractivity contribution is 5.73. The minimum atomic E-state index is -0.0785. The van der Waals surface area contributed by atoms with E-state index in [1.54, 1.807) is 6.92 Å². The maximum absolute atomic E-state index is 12.6. The van der Waals surface area contributed by atoms with E-state index in [-0.39, 0.29) is 23.9 Å². The Hall–Kier alpha value is -1.63. The number of unbranched alkanes of at least 4 members (excludes halogenated alkanes) is 6. The molecule has 43 heavy (non-hydrogen) atoms. The van der Waals surface area contributed by atoms with E-state index in [2.05, 4.69) is 51.6 Å². The lowest BCUT2D eigenvalue weighted by Gasteiger charge is -2.32. The Balaban J connectivity index is 4.64. The number of ether oxygens (including phenoxy) is 2. The molecule has 0 saturated carbocycles. The van der Waals surface area contributed by atoms with Crippen molar-refractivity contribution in [2.24, 2.45) is 11.8 Å². The Bertz CT molecular complexity index is 657. The highest BCUT2D eigenvalue weighted by Crippen LogP contribution is 2.20. The Kier molecular flexibility index (Phi) is 26.8. The molecule has 0 bridgehead atoms. The van der Waals surface area contributed by atoms with Gasteiger partial charge in [-0.05, 0) is 77.4 Å². The molecule has 0 aromatic heterocycles. The summed E-state index contributed by atoms with van der Waals surface area (Å²) in [6.45, 7) is 13.2. The van der Waals surface area contributed by atoms with Crippen LogP contribution in [0.5, 0.6) is 0 Å². The Morgan fingerprint density at radius 3 is 1.42 bits per heavy atom. The molecular formula is C36H70N2O5. The largest absolute Gasteiger partial charge is 0.465 e. The fraction of sp³-hybridized carbons (Fsp3) is 0.917. The number of hydrogen-bond acceptors (Lipinski definition) is 6.